The Morgan fingerprint density at radius 3 is 3.10 bits per heavy atom. The van der Waals surface area contributed by atoms with Crippen molar-refractivity contribution in [1.29, 1.82) is 0 Å². The minimum Gasteiger partial charge on any atom is -0.424 e. The van der Waals surface area contributed by atoms with Crippen LogP contribution in [-0.2, 0) is 13.1 Å². The van der Waals surface area contributed by atoms with Gasteiger partial charge in [0.15, 0.2) is 11.4 Å². The number of hydrogen-bond acceptors (Lipinski definition) is 7. The van der Waals surface area contributed by atoms with E-state index in [0.29, 0.717) is 17.6 Å². The molecule has 0 amide bonds. The van der Waals surface area contributed by atoms with E-state index in [9.17, 15) is 10.1 Å². The molecule has 0 spiro atoms. The summed E-state index contributed by atoms with van der Waals surface area (Å²) in [6.07, 6.45) is 1.65. The molecule has 0 aliphatic heterocycles. The summed E-state index contributed by atoms with van der Waals surface area (Å²) in [5.74, 6) is 0.755. The minimum absolute atomic E-state index is 0.0203. The summed E-state index contributed by atoms with van der Waals surface area (Å²) in [6, 6.07) is 4.57. The highest BCUT2D eigenvalue weighted by Crippen LogP contribution is 2.23. The first-order chi connectivity index (χ1) is 10.2. The molecule has 2 heterocycles. The highest BCUT2D eigenvalue weighted by molar-refractivity contribution is 5.77. The van der Waals surface area contributed by atoms with E-state index in [1.54, 1.807) is 6.33 Å². The SMILES string of the molecule is CCn1cnnc1CNc1nc2cc([N+](=O)[O-])ccc2o1. The van der Waals surface area contributed by atoms with Crippen LogP contribution >= 0.6 is 0 Å². The first-order valence-corrected chi connectivity index (χ1v) is 6.33. The van der Waals surface area contributed by atoms with Crippen LogP contribution in [0.25, 0.3) is 11.1 Å². The fourth-order valence-corrected chi connectivity index (χ4v) is 1.94. The maximum absolute atomic E-state index is 10.7. The van der Waals surface area contributed by atoms with Crippen molar-refractivity contribution in [2.24, 2.45) is 0 Å². The zero-order chi connectivity index (χ0) is 14.8. The Balaban J connectivity index is 1.80. The molecule has 0 radical (unpaired) electrons. The van der Waals surface area contributed by atoms with E-state index >= 15 is 0 Å². The number of rotatable bonds is 5. The number of benzene rings is 1. The third kappa shape index (κ3) is 2.53. The Hall–Kier alpha value is -2.97. The second kappa shape index (κ2) is 5.19. The smallest absolute Gasteiger partial charge is 0.296 e. The average molecular weight is 288 g/mol. The number of nitro groups is 1. The predicted octanol–water partition coefficient (Wildman–Crippen LogP) is 1.96. The van der Waals surface area contributed by atoms with Crippen molar-refractivity contribution in [2.75, 3.05) is 5.32 Å². The van der Waals surface area contributed by atoms with Crippen molar-refractivity contribution >= 4 is 22.8 Å². The zero-order valence-corrected chi connectivity index (χ0v) is 11.2. The van der Waals surface area contributed by atoms with E-state index in [4.69, 9.17) is 4.42 Å². The number of oxazole rings is 1. The lowest BCUT2D eigenvalue weighted by molar-refractivity contribution is -0.384. The lowest BCUT2D eigenvalue weighted by Crippen LogP contribution is -2.07. The van der Waals surface area contributed by atoms with Gasteiger partial charge < -0.3 is 14.3 Å². The molecule has 0 saturated carbocycles. The Morgan fingerprint density at radius 1 is 1.48 bits per heavy atom. The van der Waals surface area contributed by atoms with E-state index in [0.717, 1.165) is 12.4 Å². The molecule has 9 nitrogen and oxygen atoms in total. The number of anilines is 1. The lowest BCUT2D eigenvalue weighted by Gasteiger charge is -2.02. The zero-order valence-electron chi connectivity index (χ0n) is 11.2. The number of hydrogen-bond donors (Lipinski definition) is 1. The van der Waals surface area contributed by atoms with E-state index in [1.165, 1.54) is 18.2 Å². The molecule has 1 N–H and O–H groups in total. The minimum atomic E-state index is -0.467. The summed E-state index contributed by atoms with van der Waals surface area (Å²) in [5, 5.41) is 21.5. The van der Waals surface area contributed by atoms with Crippen LogP contribution in [0, 0.1) is 10.1 Å². The predicted molar refractivity (Wildman–Crippen MR) is 73.7 cm³/mol. The van der Waals surface area contributed by atoms with Crippen LogP contribution in [0.1, 0.15) is 12.7 Å². The van der Waals surface area contributed by atoms with Gasteiger partial charge in [0.25, 0.3) is 11.7 Å². The van der Waals surface area contributed by atoms with Gasteiger partial charge in [0.1, 0.15) is 11.8 Å². The highest BCUT2D eigenvalue weighted by atomic mass is 16.6. The summed E-state index contributed by atoms with van der Waals surface area (Å²) >= 11 is 0. The van der Waals surface area contributed by atoms with Crippen LogP contribution in [0.15, 0.2) is 28.9 Å². The molecular weight excluding hydrogens is 276 g/mol. The number of aromatic nitrogens is 4. The third-order valence-electron chi connectivity index (χ3n) is 3.02. The molecule has 0 fully saturated rings. The number of aryl methyl sites for hydroxylation is 1. The van der Waals surface area contributed by atoms with Gasteiger partial charge in [0.05, 0.1) is 11.5 Å². The Labute approximate surface area is 118 Å². The van der Waals surface area contributed by atoms with E-state index in [-0.39, 0.29) is 11.7 Å². The summed E-state index contributed by atoms with van der Waals surface area (Å²) in [6.45, 7) is 3.16. The summed E-state index contributed by atoms with van der Waals surface area (Å²) in [7, 11) is 0. The molecule has 0 aliphatic carbocycles. The topological polar surface area (TPSA) is 112 Å². The summed E-state index contributed by atoms with van der Waals surface area (Å²) < 4.78 is 7.36. The van der Waals surface area contributed by atoms with Gasteiger partial charge in [-0.05, 0) is 13.0 Å². The van der Waals surface area contributed by atoms with Crippen LogP contribution in [-0.4, -0.2) is 24.7 Å². The van der Waals surface area contributed by atoms with Crippen molar-refractivity contribution in [3.8, 4) is 0 Å². The number of nitrogens with zero attached hydrogens (tertiary/aromatic N) is 5. The van der Waals surface area contributed by atoms with Gasteiger partial charge in [-0.2, -0.15) is 4.98 Å². The van der Waals surface area contributed by atoms with E-state index in [2.05, 4.69) is 20.5 Å². The van der Waals surface area contributed by atoms with Crippen LogP contribution in [0.3, 0.4) is 0 Å². The fourth-order valence-electron chi connectivity index (χ4n) is 1.94. The maximum Gasteiger partial charge on any atom is 0.296 e. The Kier molecular flexibility index (Phi) is 3.22. The molecule has 3 aromatic rings. The second-order valence-corrected chi connectivity index (χ2v) is 4.31. The van der Waals surface area contributed by atoms with Crippen LogP contribution in [0.5, 0.6) is 0 Å². The summed E-state index contributed by atoms with van der Waals surface area (Å²) in [4.78, 5) is 14.4. The third-order valence-corrected chi connectivity index (χ3v) is 3.02. The fraction of sp³-hybridized carbons (Fsp3) is 0.250. The molecule has 0 aliphatic rings. The number of nitro benzene ring substituents is 1. The molecule has 108 valence electrons. The van der Waals surface area contributed by atoms with Crippen molar-refractivity contribution in [2.45, 2.75) is 20.0 Å². The van der Waals surface area contributed by atoms with Gasteiger partial charge >= 0.3 is 0 Å². The van der Waals surface area contributed by atoms with Gasteiger partial charge in [-0.3, -0.25) is 10.1 Å². The van der Waals surface area contributed by atoms with Gasteiger partial charge in [-0.25, -0.2) is 0 Å². The Bertz CT molecular complexity index is 793. The standard InChI is InChI=1S/C12H12N6O3/c1-2-17-7-14-16-11(17)6-13-12-15-9-5-8(18(19)20)3-4-10(9)21-12/h3-5,7H,2,6H2,1H3,(H,13,15). The van der Waals surface area contributed by atoms with Crippen LogP contribution in [0.2, 0.25) is 0 Å². The van der Waals surface area contributed by atoms with Crippen LogP contribution < -0.4 is 5.32 Å². The molecule has 2 aromatic heterocycles. The van der Waals surface area contributed by atoms with Crippen molar-refractivity contribution < 1.29 is 9.34 Å². The quantitative estimate of drug-likeness (QED) is 0.564. The largest absolute Gasteiger partial charge is 0.424 e. The molecule has 21 heavy (non-hydrogen) atoms. The van der Waals surface area contributed by atoms with Crippen LogP contribution in [0.4, 0.5) is 11.7 Å². The molecule has 3 rings (SSSR count). The first-order valence-electron chi connectivity index (χ1n) is 6.33. The van der Waals surface area contributed by atoms with Crippen molar-refractivity contribution in [1.82, 2.24) is 19.7 Å². The Morgan fingerprint density at radius 2 is 2.33 bits per heavy atom. The molecule has 1 aromatic carbocycles. The first kappa shape index (κ1) is 13.0. The van der Waals surface area contributed by atoms with Crippen molar-refractivity contribution in [3.05, 3.63) is 40.5 Å². The average Bonchev–Trinajstić information content (AvgIpc) is 3.09. The van der Waals surface area contributed by atoms with Gasteiger partial charge in [-0.15, -0.1) is 10.2 Å². The molecule has 0 saturated heterocycles. The number of non-ortho nitro benzene ring substituents is 1. The van der Waals surface area contributed by atoms with Gasteiger partial charge in [0, 0.05) is 18.7 Å². The molecule has 0 bridgehead atoms. The number of fused-ring (bicyclic) bond motifs is 1. The lowest BCUT2D eigenvalue weighted by atomic mass is 10.3. The molecule has 0 unspecified atom stereocenters. The highest BCUT2D eigenvalue weighted by Gasteiger charge is 2.12. The second-order valence-electron chi connectivity index (χ2n) is 4.31. The number of nitrogens with one attached hydrogen (secondary N) is 1. The van der Waals surface area contributed by atoms with Gasteiger partial charge in [0.2, 0.25) is 0 Å². The van der Waals surface area contributed by atoms with Crippen molar-refractivity contribution in [3.63, 3.8) is 0 Å². The van der Waals surface area contributed by atoms with E-state index < -0.39 is 4.92 Å². The normalized spacial score (nSPS) is 10.9. The maximum atomic E-state index is 10.7. The summed E-state index contributed by atoms with van der Waals surface area (Å²) in [5.41, 5.74) is 0.900. The van der Waals surface area contributed by atoms with E-state index in [1.807, 2.05) is 11.5 Å². The molecule has 9 heteroatoms. The molecular formula is C12H12N6O3. The van der Waals surface area contributed by atoms with Gasteiger partial charge in [-0.1, -0.05) is 0 Å². The molecule has 0 atom stereocenters. The monoisotopic (exact) mass is 288 g/mol.